The van der Waals surface area contributed by atoms with Gasteiger partial charge in [-0.05, 0) is 18.4 Å². The molecule has 0 saturated carbocycles. The standard InChI is InChI=1S/C12H16FN3O/c1-8-2-3-16(7-11(8)14)12(17)9-4-10(13)6-15-5-9/h4-6,8,11H,2-3,7,14H2,1H3. The van der Waals surface area contributed by atoms with Gasteiger partial charge in [-0.25, -0.2) is 4.39 Å². The fourth-order valence-electron chi connectivity index (χ4n) is 2.00. The Morgan fingerprint density at radius 1 is 1.59 bits per heavy atom. The van der Waals surface area contributed by atoms with Crippen LogP contribution in [0.4, 0.5) is 4.39 Å². The van der Waals surface area contributed by atoms with Crippen LogP contribution in [0.15, 0.2) is 18.5 Å². The lowest BCUT2D eigenvalue weighted by Crippen LogP contribution is -2.49. The number of carbonyl (C=O) groups is 1. The van der Waals surface area contributed by atoms with Gasteiger partial charge in [-0.1, -0.05) is 6.92 Å². The zero-order valence-corrected chi connectivity index (χ0v) is 9.77. The van der Waals surface area contributed by atoms with Crippen molar-refractivity contribution in [3.8, 4) is 0 Å². The van der Waals surface area contributed by atoms with Crippen molar-refractivity contribution in [2.75, 3.05) is 13.1 Å². The van der Waals surface area contributed by atoms with E-state index in [2.05, 4.69) is 11.9 Å². The fourth-order valence-corrected chi connectivity index (χ4v) is 2.00. The van der Waals surface area contributed by atoms with E-state index in [4.69, 9.17) is 5.73 Å². The number of hydrogen-bond acceptors (Lipinski definition) is 3. The summed E-state index contributed by atoms with van der Waals surface area (Å²) in [4.78, 5) is 17.4. The molecule has 4 nitrogen and oxygen atoms in total. The highest BCUT2D eigenvalue weighted by Gasteiger charge is 2.27. The third-order valence-electron chi connectivity index (χ3n) is 3.26. The molecule has 2 rings (SSSR count). The number of piperidine rings is 1. The molecule has 1 aliphatic heterocycles. The molecule has 1 amide bonds. The Labute approximate surface area is 99.6 Å². The van der Waals surface area contributed by atoms with Gasteiger partial charge in [-0.2, -0.15) is 0 Å². The molecule has 2 heterocycles. The fraction of sp³-hybridized carbons (Fsp3) is 0.500. The SMILES string of the molecule is CC1CCN(C(=O)c2cncc(F)c2)CC1N. The lowest BCUT2D eigenvalue weighted by Gasteiger charge is -2.35. The minimum atomic E-state index is -0.495. The molecule has 1 aliphatic rings. The summed E-state index contributed by atoms with van der Waals surface area (Å²) < 4.78 is 13.0. The Morgan fingerprint density at radius 2 is 2.35 bits per heavy atom. The van der Waals surface area contributed by atoms with Crippen LogP contribution in [0, 0.1) is 11.7 Å². The maximum absolute atomic E-state index is 13.0. The highest BCUT2D eigenvalue weighted by molar-refractivity contribution is 5.94. The third kappa shape index (κ3) is 2.61. The molecule has 5 heteroatoms. The minimum absolute atomic E-state index is 0.00535. The van der Waals surface area contributed by atoms with Crippen molar-refractivity contribution < 1.29 is 9.18 Å². The van der Waals surface area contributed by atoms with Crippen LogP contribution in [-0.4, -0.2) is 34.9 Å². The van der Waals surface area contributed by atoms with Crippen LogP contribution in [0.1, 0.15) is 23.7 Å². The van der Waals surface area contributed by atoms with Crippen LogP contribution < -0.4 is 5.73 Å². The summed E-state index contributed by atoms with van der Waals surface area (Å²) in [7, 11) is 0. The number of carbonyl (C=O) groups excluding carboxylic acids is 1. The van der Waals surface area contributed by atoms with Gasteiger partial charge in [0, 0.05) is 25.3 Å². The van der Waals surface area contributed by atoms with Gasteiger partial charge < -0.3 is 10.6 Å². The van der Waals surface area contributed by atoms with Gasteiger partial charge in [0.05, 0.1) is 11.8 Å². The van der Waals surface area contributed by atoms with Crippen LogP contribution in [0.5, 0.6) is 0 Å². The van der Waals surface area contributed by atoms with Crippen molar-refractivity contribution in [2.24, 2.45) is 11.7 Å². The summed E-state index contributed by atoms with van der Waals surface area (Å²) >= 11 is 0. The molecule has 0 radical (unpaired) electrons. The molecule has 1 aromatic rings. The van der Waals surface area contributed by atoms with E-state index in [9.17, 15) is 9.18 Å². The Hall–Kier alpha value is -1.49. The van der Waals surface area contributed by atoms with Crippen molar-refractivity contribution in [2.45, 2.75) is 19.4 Å². The van der Waals surface area contributed by atoms with Gasteiger partial charge in [-0.3, -0.25) is 9.78 Å². The molecule has 17 heavy (non-hydrogen) atoms. The van der Waals surface area contributed by atoms with Crippen LogP contribution in [0.3, 0.4) is 0 Å². The summed E-state index contributed by atoms with van der Waals surface area (Å²) in [5, 5.41) is 0. The first-order chi connectivity index (χ1) is 8.08. The normalized spacial score (nSPS) is 24.8. The van der Waals surface area contributed by atoms with Crippen molar-refractivity contribution >= 4 is 5.91 Å². The molecule has 0 bridgehead atoms. The zero-order valence-electron chi connectivity index (χ0n) is 9.77. The average molecular weight is 237 g/mol. The van der Waals surface area contributed by atoms with Crippen molar-refractivity contribution in [1.82, 2.24) is 9.88 Å². The van der Waals surface area contributed by atoms with E-state index in [0.29, 0.717) is 19.0 Å². The summed E-state index contributed by atoms with van der Waals surface area (Å²) in [5.74, 6) is -0.269. The molecular formula is C12H16FN3O. The molecule has 2 N–H and O–H groups in total. The molecule has 0 aromatic carbocycles. The predicted molar refractivity (Wildman–Crippen MR) is 61.9 cm³/mol. The van der Waals surface area contributed by atoms with E-state index in [1.54, 1.807) is 4.90 Å². The van der Waals surface area contributed by atoms with Gasteiger partial charge in [0.2, 0.25) is 0 Å². The third-order valence-corrected chi connectivity index (χ3v) is 3.26. The number of hydrogen-bond donors (Lipinski definition) is 1. The Balaban J connectivity index is 2.10. The molecule has 0 spiro atoms. The van der Waals surface area contributed by atoms with Gasteiger partial charge in [0.25, 0.3) is 5.91 Å². The summed E-state index contributed by atoms with van der Waals surface area (Å²) in [5.41, 5.74) is 6.21. The van der Waals surface area contributed by atoms with E-state index in [-0.39, 0.29) is 17.5 Å². The first-order valence-corrected chi connectivity index (χ1v) is 5.73. The Kier molecular flexibility index (Phi) is 3.38. The summed E-state index contributed by atoms with van der Waals surface area (Å²) in [6.45, 7) is 3.27. The highest BCUT2D eigenvalue weighted by atomic mass is 19.1. The topological polar surface area (TPSA) is 59.2 Å². The lowest BCUT2D eigenvalue weighted by atomic mass is 9.94. The van der Waals surface area contributed by atoms with E-state index in [1.165, 1.54) is 12.3 Å². The zero-order chi connectivity index (χ0) is 12.4. The second-order valence-corrected chi connectivity index (χ2v) is 4.57. The lowest BCUT2D eigenvalue weighted by molar-refractivity contribution is 0.0671. The van der Waals surface area contributed by atoms with Crippen LogP contribution in [-0.2, 0) is 0 Å². The van der Waals surface area contributed by atoms with Crippen molar-refractivity contribution in [3.63, 3.8) is 0 Å². The van der Waals surface area contributed by atoms with E-state index < -0.39 is 5.82 Å². The number of aromatic nitrogens is 1. The number of halogens is 1. The highest BCUT2D eigenvalue weighted by Crippen LogP contribution is 2.17. The van der Waals surface area contributed by atoms with Crippen LogP contribution in [0.2, 0.25) is 0 Å². The van der Waals surface area contributed by atoms with Crippen molar-refractivity contribution in [3.05, 3.63) is 29.8 Å². The first kappa shape index (κ1) is 12.0. The van der Waals surface area contributed by atoms with Crippen molar-refractivity contribution in [1.29, 1.82) is 0 Å². The van der Waals surface area contributed by atoms with Gasteiger partial charge in [0.15, 0.2) is 0 Å². The predicted octanol–water partition coefficient (Wildman–Crippen LogP) is 1.03. The van der Waals surface area contributed by atoms with Crippen LogP contribution >= 0.6 is 0 Å². The maximum atomic E-state index is 13.0. The second-order valence-electron chi connectivity index (χ2n) is 4.57. The number of nitrogens with zero attached hydrogens (tertiary/aromatic N) is 2. The van der Waals surface area contributed by atoms with E-state index >= 15 is 0 Å². The number of likely N-dealkylation sites (tertiary alicyclic amines) is 1. The first-order valence-electron chi connectivity index (χ1n) is 5.73. The number of rotatable bonds is 1. The number of nitrogens with two attached hydrogens (primary N) is 1. The van der Waals surface area contributed by atoms with Crippen LogP contribution in [0.25, 0.3) is 0 Å². The number of amides is 1. The molecule has 1 saturated heterocycles. The minimum Gasteiger partial charge on any atom is -0.337 e. The Bertz CT molecular complexity index is 424. The molecule has 0 aliphatic carbocycles. The van der Waals surface area contributed by atoms with Gasteiger partial charge in [0.1, 0.15) is 5.82 Å². The quantitative estimate of drug-likeness (QED) is 0.793. The largest absolute Gasteiger partial charge is 0.337 e. The number of pyridine rings is 1. The molecule has 1 fully saturated rings. The Morgan fingerprint density at radius 3 is 3.00 bits per heavy atom. The van der Waals surface area contributed by atoms with Gasteiger partial charge in [-0.15, -0.1) is 0 Å². The molecular weight excluding hydrogens is 221 g/mol. The second kappa shape index (κ2) is 4.79. The summed E-state index contributed by atoms with van der Waals surface area (Å²) in [6.07, 6.45) is 3.35. The average Bonchev–Trinajstić information content (AvgIpc) is 2.32. The van der Waals surface area contributed by atoms with Gasteiger partial charge >= 0.3 is 0 Å². The molecule has 2 atom stereocenters. The monoisotopic (exact) mass is 237 g/mol. The van der Waals surface area contributed by atoms with E-state index in [0.717, 1.165) is 12.6 Å². The maximum Gasteiger partial charge on any atom is 0.255 e. The molecule has 2 unspecified atom stereocenters. The van der Waals surface area contributed by atoms with E-state index in [1.807, 2.05) is 0 Å². The molecule has 92 valence electrons. The summed E-state index contributed by atoms with van der Waals surface area (Å²) in [6, 6.07) is 1.20. The smallest absolute Gasteiger partial charge is 0.255 e. The molecule has 1 aromatic heterocycles.